The molecule has 15 heavy (non-hydrogen) atoms. The van der Waals surface area contributed by atoms with Crippen LogP contribution in [0.3, 0.4) is 0 Å². The zero-order valence-corrected chi connectivity index (χ0v) is 9.03. The molecule has 2 heterocycles. The molecule has 2 aromatic heterocycles. The molecule has 0 saturated carbocycles. The molecule has 2 rings (SSSR count). The van der Waals surface area contributed by atoms with Crippen LogP contribution in [0, 0.1) is 13.8 Å². The Kier molecular flexibility index (Phi) is 2.60. The summed E-state index contributed by atoms with van der Waals surface area (Å²) in [6, 6.07) is 3.86. The lowest BCUT2D eigenvalue weighted by Gasteiger charge is -2.05. The third-order valence-corrected chi connectivity index (χ3v) is 2.47. The zero-order valence-electron chi connectivity index (χ0n) is 9.03. The van der Waals surface area contributed by atoms with Crippen molar-refractivity contribution < 1.29 is 4.74 Å². The van der Waals surface area contributed by atoms with Crippen LogP contribution in [-0.4, -0.2) is 22.5 Å². The SMILES string of the molecule is Cc1nc2c(OCCN)cccn2c1C. The summed E-state index contributed by atoms with van der Waals surface area (Å²) in [6.45, 7) is 5.07. The molecule has 0 fully saturated rings. The molecule has 0 amide bonds. The maximum Gasteiger partial charge on any atom is 0.180 e. The first-order chi connectivity index (χ1) is 7.24. The maximum atomic E-state index is 5.53. The lowest BCUT2D eigenvalue weighted by molar-refractivity contribution is 0.330. The number of fused-ring (bicyclic) bond motifs is 1. The molecule has 0 bridgehead atoms. The van der Waals surface area contributed by atoms with E-state index in [-0.39, 0.29) is 0 Å². The lowest BCUT2D eigenvalue weighted by Crippen LogP contribution is -2.11. The number of aryl methyl sites for hydroxylation is 2. The smallest absolute Gasteiger partial charge is 0.180 e. The Labute approximate surface area is 88.7 Å². The topological polar surface area (TPSA) is 52.5 Å². The van der Waals surface area contributed by atoms with Crippen molar-refractivity contribution in [2.75, 3.05) is 13.2 Å². The third-order valence-electron chi connectivity index (χ3n) is 2.47. The normalized spacial score (nSPS) is 10.9. The van der Waals surface area contributed by atoms with E-state index in [0.29, 0.717) is 13.2 Å². The minimum Gasteiger partial charge on any atom is -0.488 e. The quantitative estimate of drug-likeness (QED) is 0.821. The summed E-state index contributed by atoms with van der Waals surface area (Å²) in [7, 11) is 0. The number of ether oxygens (including phenoxy) is 1. The second kappa shape index (κ2) is 3.90. The second-order valence-electron chi connectivity index (χ2n) is 3.49. The van der Waals surface area contributed by atoms with E-state index in [4.69, 9.17) is 10.5 Å². The van der Waals surface area contributed by atoms with E-state index in [9.17, 15) is 0 Å². The number of nitrogens with zero attached hydrogens (tertiary/aromatic N) is 2. The molecule has 4 heteroatoms. The van der Waals surface area contributed by atoms with Crippen LogP contribution in [0.25, 0.3) is 5.65 Å². The molecule has 0 aliphatic carbocycles. The van der Waals surface area contributed by atoms with Gasteiger partial charge in [-0.2, -0.15) is 0 Å². The lowest BCUT2D eigenvalue weighted by atomic mass is 10.4. The van der Waals surface area contributed by atoms with Gasteiger partial charge in [0.05, 0.1) is 5.69 Å². The highest BCUT2D eigenvalue weighted by molar-refractivity contribution is 5.55. The van der Waals surface area contributed by atoms with Crippen molar-refractivity contribution in [3.63, 3.8) is 0 Å². The van der Waals surface area contributed by atoms with E-state index in [1.54, 1.807) is 0 Å². The summed E-state index contributed by atoms with van der Waals surface area (Å²) < 4.78 is 7.56. The van der Waals surface area contributed by atoms with Gasteiger partial charge in [0, 0.05) is 18.4 Å². The van der Waals surface area contributed by atoms with Crippen molar-refractivity contribution in [2.45, 2.75) is 13.8 Å². The van der Waals surface area contributed by atoms with Gasteiger partial charge in [0.15, 0.2) is 11.4 Å². The van der Waals surface area contributed by atoms with Gasteiger partial charge in [-0.05, 0) is 26.0 Å². The zero-order chi connectivity index (χ0) is 10.8. The predicted molar refractivity (Wildman–Crippen MR) is 59.2 cm³/mol. The number of pyridine rings is 1. The fourth-order valence-corrected chi connectivity index (χ4v) is 1.56. The average molecular weight is 205 g/mol. The minimum absolute atomic E-state index is 0.514. The van der Waals surface area contributed by atoms with Gasteiger partial charge in [-0.3, -0.25) is 0 Å². The predicted octanol–water partition coefficient (Wildman–Crippen LogP) is 1.29. The third kappa shape index (κ3) is 1.68. The first kappa shape index (κ1) is 9.98. The Morgan fingerprint density at radius 1 is 1.47 bits per heavy atom. The summed E-state index contributed by atoms with van der Waals surface area (Å²) in [5.41, 5.74) is 8.43. The van der Waals surface area contributed by atoms with Gasteiger partial charge in [0.2, 0.25) is 0 Å². The van der Waals surface area contributed by atoms with Crippen LogP contribution in [0.15, 0.2) is 18.3 Å². The van der Waals surface area contributed by atoms with Gasteiger partial charge in [-0.15, -0.1) is 0 Å². The van der Waals surface area contributed by atoms with E-state index < -0.39 is 0 Å². The molecule has 0 aliphatic heterocycles. The maximum absolute atomic E-state index is 5.53. The first-order valence-electron chi connectivity index (χ1n) is 5.01. The number of rotatable bonds is 3. The molecule has 0 unspecified atom stereocenters. The van der Waals surface area contributed by atoms with Crippen LogP contribution >= 0.6 is 0 Å². The van der Waals surface area contributed by atoms with Gasteiger partial charge < -0.3 is 14.9 Å². The van der Waals surface area contributed by atoms with Gasteiger partial charge in [-0.25, -0.2) is 4.98 Å². The van der Waals surface area contributed by atoms with Crippen molar-refractivity contribution in [1.82, 2.24) is 9.38 Å². The van der Waals surface area contributed by atoms with E-state index in [0.717, 1.165) is 22.8 Å². The standard InChI is InChI=1S/C11H15N3O/c1-8-9(2)14-6-3-4-10(11(14)13-8)15-7-5-12/h3-4,6H,5,7,12H2,1-2H3. The highest BCUT2D eigenvalue weighted by atomic mass is 16.5. The Morgan fingerprint density at radius 2 is 2.27 bits per heavy atom. The van der Waals surface area contributed by atoms with E-state index in [2.05, 4.69) is 4.98 Å². The molecule has 0 aromatic carbocycles. The first-order valence-corrected chi connectivity index (χ1v) is 5.01. The van der Waals surface area contributed by atoms with Crippen molar-refractivity contribution in [3.8, 4) is 5.75 Å². The molecular weight excluding hydrogens is 190 g/mol. The van der Waals surface area contributed by atoms with Crippen molar-refractivity contribution in [2.24, 2.45) is 5.73 Å². The summed E-state index contributed by atoms with van der Waals surface area (Å²) in [5.74, 6) is 0.791. The number of nitrogens with two attached hydrogens (primary N) is 1. The van der Waals surface area contributed by atoms with Crippen LogP contribution < -0.4 is 10.5 Å². The minimum atomic E-state index is 0.514. The Hall–Kier alpha value is -1.55. The van der Waals surface area contributed by atoms with Crippen LogP contribution in [0.5, 0.6) is 5.75 Å². The molecule has 0 radical (unpaired) electrons. The Bertz CT molecular complexity index is 476. The molecule has 0 aliphatic rings. The van der Waals surface area contributed by atoms with Gasteiger partial charge in [0.25, 0.3) is 0 Å². The van der Waals surface area contributed by atoms with Crippen LogP contribution in [0.1, 0.15) is 11.4 Å². The summed E-state index contributed by atoms with van der Waals surface area (Å²) >= 11 is 0. The van der Waals surface area contributed by atoms with Crippen molar-refractivity contribution in [1.29, 1.82) is 0 Å². The molecule has 0 saturated heterocycles. The van der Waals surface area contributed by atoms with E-state index in [1.807, 2.05) is 36.6 Å². The van der Waals surface area contributed by atoms with Crippen LogP contribution in [-0.2, 0) is 0 Å². The number of hydrogen-bond acceptors (Lipinski definition) is 3. The van der Waals surface area contributed by atoms with Gasteiger partial charge in [-0.1, -0.05) is 0 Å². The molecule has 4 nitrogen and oxygen atoms in total. The van der Waals surface area contributed by atoms with E-state index >= 15 is 0 Å². The fourth-order valence-electron chi connectivity index (χ4n) is 1.56. The van der Waals surface area contributed by atoms with Crippen molar-refractivity contribution in [3.05, 3.63) is 29.7 Å². The highest BCUT2D eigenvalue weighted by Crippen LogP contribution is 2.21. The summed E-state index contributed by atoms with van der Waals surface area (Å²) in [6.07, 6.45) is 1.99. The molecular formula is C11H15N3O. The molecule has 0 atom stereocenters. The Balaban J connectivity index is 2.51. The monoisotopic (exact) mass is 205 g/mol. The number of aromatic nitrogens is 2. The summed E-state index contributed by atoms with van der Waals surface area (Å²) in [4.78, 5) is 4.46. The van der Waals surface area contributed by atoms with Gasteiger partial charge >= 0.3 is 0 Å². The van der Waals surface area contributed by atoms with Gasteiger partial charge in [0.1, 0.15) is 6.61 Å². The Morgan fingerprint density at radius 3 is 3.00 bits per heavy atom. The molecule has 2 N–H and O–H groups in total. The number of imidazole rings is 1. The molecule has 0 spiro atoms. The van der Waals surface area contributed by atoms with E-state index in [1.165, 1.54) is 0 Å². The number of hydrogen-bond donors (Lipinski definition) is 1. The van der Waals surface area contributed by atoms with Crippen LogP contribution in [0.4, 0.5) is 0 Å². The molecule has 80 valence electrons. The highest BCUT2D eigenvalue weighted by Gasteiger charge is 2.08. The average Bonchev–Trinajstić information content (AvgIpc) is 2.53. The summed E-state index contributed by atoms with van der Waals surface area (Å²) in [5, 5.41) is 0. The fraction of sp³-hybridized carbons (Fsp3) is 0.364. The van der Waals surface area contributed by atoms with Crippen molar-refractivity contribution >= 4 is 5.65 Å². The largest absolute Gasteiger partial charge is 0.488 e. The van der Waals surface area contributed by atoms with Crippen LogP contribution in [0.2, 0.25) is 0 Å². The molecule has 2 aromatic rings. The second-order valence-corrected chi connectivity index (χ2v) is 3.49.